The van der Waals surface area contributed by atoms with E-state index in [1.54, 1.807) is 0 Å². The quantitative estimate of drug-likeness (QED) is 0.844. The lowest BCUT2D eigenvalue weighted by atomic mass is 9.66. The molecule has 24 heavy (non-hydrogen) atoms. The Hall–Kier alpha value is -1.95. The number of rotatable bonds is 2. The van der Waals surface area contributed by atoms with Gasteiger partial charge >= 0.3 is 5.97 Å². The molecule has 5 nitrogen and oxygen atoms in total. The van der Waals surface area contributed by atoms with Gasteiger partial charge in [-0.2, -0.15) is 0 Å². The predicted octanol–water partition coefficient (Wildman–Crippen LogP) is 3.67. The molecule has 2 bridgehead atoms. The number of aromatic nitrogens is 1. The standard InChI is InChI=1S/C18H20N2O3S/c1-10-6-5-7-11-12(10)19-15(24-11)20-13(21)18-9-8-17(4,14(22)23-18)16(18,2)3/h5-7H,8-9H2,1-4H3,(H,19,20,21)/t17-,18+/m1/s1. The fraction of sp³-hybridized carbons (Fsp3) is 0.500. The van der Waals surface area contributed by atoms with E-state index < -0.39 is 16.4 Å². The zero-order valence-corrected chi connectivity index (χ0v) is 15.0. The van der Waals surface area contributed by atoms with E-state index in [4.69, 9.17) is 4.74 Å². The van der Waals surface area contributed by atoms with Crippen LogP contribution >= 0.6 is 11.3 Å². The second-order valence-corrected chi connectivity index (χ2v) is 8.60. The van der Waals surface area contributed by atoms with Gasteiger partial charge in [0, 0.05) is 5.41 Å². The van der Waals surface area contributed by atoms with Gasteiger partial charge in [-0.15, -0.1) is 0 Å². The van der Waals surface area contributed by atoms with Crippen LogP contribution in [0.2, 0.25) is 0 Å². The van der Waals surface area contributed by atoms with Crippen LogP contribution in [-0.4, -0.2) is 22.5 Å². The molecular weight excluding hydrogens is 324 g/mol. The van der Waals surface area contributed by atoms with Crippen LogP contribution in [0.25, 0.3) is 10.2 Å². The number of carbonyl (C=O) groups excluding carboxylic acids is 2. The van der Waals surface area contributed by atoms with Gasteiger partial charge < -0.3 is 4.74 Å². The van der Waals surface area contributed by atoms with Crippen LogP contribution in [0.15, 0.2) is 18.2 Å². The van der Waals surface area contributed by atoms with Gasteiger partial charge in [-0.05, 0) is 38.3 Å². The minimum Gasteiger partial charge on any atom is -0.448 e. The van der Waals surface area contributed by atoms with Gasteiger partial charge in [0.1, 0.15) is 0 Å². The Bertz CT molecular complexity index is 888. The Kier molecular flexibility index (Phi) is 2.96. The fourth-order valence-electron chi connectivity index (χ4n) is 4.08. The molecule has 2 aliphatic rings. The van der Waals surface area contributed by atoms with Gasteiger partial charge in [0.15, 0.2) is 10.7 Å². The van der Waals surface area contributed by atoms with Crippen LogP contribution < -0.4 is 5.32 Å². The van der Waals surface area contributed by atoms with Crippen molar-refractivity contribution in [1.29, 1.82) is 0 Å². The Morgan fingerprint density at radius 2 is 2.04 bits per heavy atom. The van der Waals surface area contributed by atoms with E-state index in [9.17, 15) is 9.59 Å². The minimum absolute atomic E-state index is 0.265. The lowest BCUT2D eigenvalue weighted by Crippen LogP contribution is -2.50. The van der Waals surface area contributed by atoms with Crippen molar-refractivity contribution in [3.63, 3.8) is 0 Å². The third-order valence-corrected chi connectivity index (χ3v) is 7.23. The molecule has 1 amide bonds. The van der Waals surface area contributed by atoms with Crippen molar-refractivity contribution in [1.82, 2.24) is 4.98 Å². The first kappa shape index (κ1) is 15.6. The van der Waals surface area contributed by atoms with Gasteiger partial charge in [0.25, 0.3) is 5.91 Å². The fourth-order valence-corrected chi connectivity index (χ4v) is 5.02. The smallest absolute Gasteiger partial charge is 0.313 e. The number of thiazole rings is 1. The number of fused-ring (bicyclic) bond motifs is 3. The minimum atomic E-state index is -1.11. The maximum absolute atomic E-state index is 13.0. The summed E-state index contributed by atoms with van der Waals surface area (Å²) in [6.45, 7) is 7.80. The van der Waals surface area contributed by atoms with Crippen LogP contribution in [0.1, 0.15) is 39.2 Å². The summed E-state index contributed by atoms with van der Waals surface area (Å²) >= 11 is 1.44. The molecule has 2 aromatic rings. The van der Waals surface area contributed by atoms with E-state index >= 15 is 0 Å². The third kappa shape index (κ3) is 1.67. The Morgan fingerprint density at radius 3 is 2.62 bits per heavy atom. The molecule has 2 heterocycles. The number of aryl methyl sites for hydroxylation is 1. The van der Waals surface area contributed by atoms with Crippen molar-refractivity contribution in [3.8, 4) is 0 Å². The van der Waals surface area contributed by atoms with Crippen molar-refractivity contribution in [2.45, 2.75) is 46.1 Å². The van der Waals surface area contributed by atoms with E-state index in [1.165, 1.54) is 11.3 Å². The Morgan fingerprint density at radius 1 is 1.29 bits per heavy atom. The molecule has 1 aliphatic carbocycles. The summed E-state index contributed by atoms with van der Waals surface area (Å²) in [6.07, 6.45) is 1.23. The van der Waals surface area contributed by atoms with E-state index in [-0.39, 0.29) is 11.9 Å². The number of anilines is 1. The van der Waals surface area contributed by atoms with E-state index in [2.05, 4.69) is 10.3 Å². The molecule has 1 aliphatic heterocycles. The van der Waals surface area contributed by atoms with Crippen molar-refractivity contribution >= 4 is 38.6 Å². The highest BCUT2D eigenvalue weighted by molar-refractivity contribution is 7.22. The number of hydrogen-bond donors (Lipinski definition) is 1. The molecule has 0 spiro atoms. The van der Waals surface area contributed by atoms with Gasteiger partial charge in [-0.25, -0.2) is 4.98 Å². The average molecular weight is 344 g/mol. The molecule has 0 radical (unpaired) electrons. The molecule has 1 aromatic carbocycles. The summed E-state index contributed by atoms with van der Waals surface area (Å²) in [5, 5.41) is 3.45. The molecule has 1 N–H and O–H groups in total. The first-order valence-electron chi connectivity index (χ1n) is 8.12. The summed E-state index contributed by atoms with van der Waals surface area (Å²) in [6, 6.07) is 5.96. The monoisotopic (exact) mass is 344 g/mol. The number of carbonyl (C=O) groups is 2. The molecule has 1 aromatic heterocycles. The van der Waals surface area contributed by atoms with Crippen molar-refractivity contribution in [3.05, 3.63) is 23.8 Å². The summed E-state index contributed by atoms with van der Waals surface area (Å²) in [4.78, 5) is 29.9. The predicted molar refractivity (Wildman–Crippen MR) is 92.9 cm³/mol. The van der Waals surface area contributed by atoms with E-state index in [0.717, 1.165) is 15.8 Å². The van der Waals surface area contributed by atoms with Gasteiger partial charge in [0.2, 0.25) is 0 Å². The van der Waals surface area contributed by atoms with E-state index in [0.29, 0.717) is 18.0 Å². The highest BCUT2D eigenvalue weighted by Crippen LogP contribution is 2.65. The number of ether oxygens (including phenoxy) is 1. The van der Waals surface area contributed by atoms with E-state index in [1.807, 2.05) is 45.9 Å². The number of hydrogen-bond acceptors (Lipinski definition) is 5. The SMILES string of the molecule is Cc1cccc2sc(NC(=O)[C@]34CC[C@](C)(C(=O)O3)C4(C)C)nc12. The number of nitrogens with one attached hydrogen (secondary N) is 1. The highest BCUT2D eigenvalue weighted by Gasteiger charge is 2.75. The molecule has 2 fully saturated rings. The highest BCUT2D eigenvalue weighted by atomic mass is 32.1. The molecule has 2 atom stereocenters. The Balaban J connectivity index is 1.69. The average Bonchev–Trinajstić information content (AvgIpc) is 3.05. The van der Waals surface area contributed by atoms with Gasteiger partial charge in [-0.1, -0.05) is 37.3 Å². The topological polar surface area (TPSA) is 68.3 Å². The molecule has 0 unspecified atom stereocenters. The van der Waals surface area contributed by atoms with Crippen LogP contribution in [0.5, 0.6) is 0 Å². The zero-order chi connectivity index (χ0) is 17.3. The largest absolute Gasteiger partial charge is 0.448 e. The first-order valence-corrected chi connectivity index (χ1v) is 8.94. The van der Waals surface area contributed by atoms with Crippen molar-refractivity contribution in [2.24, 2.45) is 10.8 Å². The lowest BCUT2D eigenvalue weighted by Gasteiger charge is -2.35. The number of para-hydroxylation sites is 1. The van der Waals surface area contributed by atoms with Crippen LogP contribution in [0.4, 0.5) is 5.13 Å². The maximum atomic E-state index is 13.0. The Labute approximate surface area is 144 Å². The molecular formula is C18H20N2O3S. The molecule has 1 saturated heterocycles. The summed E-state index contributed by atoms with van der Waals surface area (Å²) in [7, 11) is 0. The second kappa shape index (κ2) is 4.57. The second-order valence-electron chi connectivity index (χ2n) is 7.57. The first-order chi connectivity index (χ1) is 11.2. The summed E-state index contributed by atoms with van der Waals surface area (Å²) < 4.78 is 6.65. The van der Waals surface area contributed by atoms with Gasteiger partial charge in [-0.3, -0.25) is 14.9 Å². The van der Waals surface area contributed by atoms with Gasteiger partial charge in [0.05, 0.1) is 15.6 Å². The van der Waals surface area contributed by atoms with Crippen molar-refractivity contribution < 1.29 is 14.3 Å². The molecule has 6 heteroatoms. The molecule has 4 rings (SSSR count). The number of esters is 1. The number of nitrogens with zero attached hydrogens (tertiary/aromatic N) is 1. The lowest BCUT2D eigenvalue weighted by molar-refractivity contribution is -0.165. The molecule has 126 valence electrons. The van der Waals surface area contributed by atoms with Crippen LogP contribution in [0.3, 0.4) is 0 Å². The van der Waals surface area contributed by atoms with Crippen molar-refractivity contribution in [2.75, 3.05) is 5.32 Å². The summed E-state index contributed by atoms with van der Waals surface area (Å²) in [5.74, 6) is -0.534. The van der Waals surface area contributed by atoms with Crippen LogP contribution in [0, 0.1) is 17.8 Å². The van der Waals surface area contributed by atoms with Crippen LogP contribution in [-0.2, 0) is 14.3 Å². The molecule has 1 saturated carbocycles. The number of amides is 1. The zero-order valence-electron chi connectivity index (χ0n) is 14.2. The summed E-state index contributed by atoms with van der Waals surface area (Å²) in [5.41, 5.74) is -0.286. The number of benzene rings is 1. The normalized spacial score (nSPS) is 30.6. The third-order valence-electron chi connectivity index (χ3n) is 6.29. The maximum Gasteiger partial charge on any atom is 0.313 e.